The minimum absolute atomic E-state index is 0.00712. The monoisotopic (exact) mass is 640 g/mol. The number of rotatable bonds is 4. The lowest BCUT2D eigenvalue weighted by molar-refractivity contribution is -0.200. The SMILES string of the molecule is COC(=O)N(Cc1cc(C(F)(F)F)cc(C(F)(F)F)c1)C1CC(C2CC2)(C(F)(F)F)N(C(=O)OC(C)(C)C)c2ccccc21. The van der Waals surface area contributed by atoms with Gasteiger partial charge in [-0.1, -0.05) is 18.2 Å². The molecule has 4 rings (SSSR count). The number of halogens is 9. The summed E-state index contributed by atoms with van der Waals surface area (Å²) in [5.74, 6) is -1.13. The number of hydrogen-bond acceptors (Lipinski definition) is 4. The summed E-state index contributed by atoms with van der Waals surface area (Å²) in [6.45, 7) is 3.45. The van der Waals surface area contributed by atoms with Crippen LogP contribution in [0.4, 0.5) is 54.8 Å². The largest absolute Gasteiger partial charge is 0.453 e. The summed E-state index contributed by atoms with van der Waals surface area (Å²) in [5, 5.41) is 0. The van der Waals surface area contributed by atoms with E-state index in [2.05, 4.69) is 0 Å². The quantitative estimate of drug-likeness (QED) is 0.314. The van der Waals surface area contributed by atoms with Crippen molar-refractivity contribution in [2.75, 3.05) is 12.0 Å². The fraction of sp³-hybridized carbons (Fsp3) is 0.517. The molecule has 0 spiro atoms. The Morgan fingerprint density at radius 1 is 0.909 bits per heavy atom. The smallest absolute Gasteiger partial charge is 0.416 e. The van der Waals surface area contributed by atoms with Crippen molar-refractivity contribution in [1.82, 2.24) is 4.90 Å². The molecule has 2 aromatic rings. The summed E-state index contributed by atoms with van der Waals surface area (Å²) in [6, 6.07) is 4.43. The van der Waals surface area contributed by atoms with Crippen molar-refractivity contribution in [2.45, 2.75) is 82.3 Å². The Morgan fingerprint density at radius 2 is 1.45 bits per heavy atom. The zero-order chi connectivity index (χ0) is 33.0. The number of ether oxygens (including phenoxy) is 2. The second-order valence-electron chi connectivity index (χ2n) is 11.8. The number of hydrogen-bond donors (Lipinski definition) is 0. The third kappa shape index (κ3) is 6.41. The van der Waals surface area contributed by atoms with E-state index >= 15 is 13.2 Å². The highest BCUT2D eigenvalue weighted by Crippen LogP contribution is 2.61. The van der Waals surface area contributed by atoms with Crippen LogP contribution in [0, 0.1) is 5.92 Å². The zero-order valence-corrected chi connectivity index (χ0v) is 24.0. The molecule has 1 saturated carbocycles. The van der Waals surface area contributed by atoms with Gasteiger partial charge in [0.05, 0.1) is 30.0 Å². The average molecular weight is 641 g/mol. The zero-order valence-electron chi connectivity index (χ0n) is 24.0. The summed E-state index contributed by atoms with van der Waals surface area (Å²) < 4.78 is 137. The van der Waals surface area contributed by atoms with Crippen LogP contribution in [0.15, 0.2) is 42.5 Å². The van der Waals surface area contributed by atoms with Crippen LogP contribution in [0.25, 0.3) is 0 Å². The van der Waals surface area contributed by atoms with Crippen LogP contribution < -0.4 is 4.90 Å². The Morgan fingerprint density at radius 3 is 1.91 bits per heavy atom. The lowest BCUT2D eigenvalue weighted by atomic mass is 9.76. The first kappa shape index (κ1) is 33.2. The highest BCUT2D eigenvalue weighted by molar-refractivity contribution is 5.92. The molecule has 0 saturated heterocycles. The second-order valence-corrected chi connectivity index (χ2v) is 11.8. The third-order valence-corrected chi connectivity index (χ3v) is 7.55. The standard InChI is InChI=1S/C29H29F9N2O4/c1-25(2,3)44-24(42)40-21-8-6-5-7-20(21)22(14-26(40,17-9-10-17)29(36,37)38)39(23(41)43-4)15-16-11-18(27(30,31)32)13-19(12-16)28(33,34)35/h5-8,11-13,17,22H,9-10,14-15H2,1-4H3. The number of para-hydroxylation sites is 1. The number of nitrogens with zero attached hydrogens (tertiary/aromatic N) is 2. The van der Waals surface area contributed by atoms with Crippen LogP contribution in [0.5, 0.6) is 0 Å². The second kappa shape index (κ2) is 11.1. The first-order valence-electron chi connectivity index (χ1n) is 13.4. The maximum absolute atomic E-state index is 15.3. The molecular weight excluding hydrogens is 611 g/mol. The average Bonchev–Trinajstić information content (AvgIpc) is 3.73. The maximum Gasteiger partial charge on any atom is 0.416 e. The molecule has 2 aliphatic rings. The Balaban J connectivity index is 1.93. The van der Waals surface area contributed by atoms with Gasteiger partial charge in [-0.25, -0.2) is 9.59 Å². The molecule has 44 heavy (non-hydrogen) atoms. The summed E-state index contributed by atoms with van der Waals surface area (Å²) in [4.78, 5) is 27.8. The van der Waals surface area contributed by atoms with Crippen LogP contribution in [-0.4, -0.2) is 41.5 Å². The summed E-state index contributed by atoms with van der Waals surface area (Å²) in [7, 11) is 0.877. The summed E-state index contributed by atoms with van der Waals surface area (Å²) in [5.41, 5.74) is -8.35. The Bertz CT molecular complexity index is 1380. The van der Waals surface area contributed by atoms with Gasteiger partial charge in [-0.05, 0) is 74.9 Å². The van der Waals surface area contributed by atoms with E-state index in [0.29, 0.717) is 21.9 Å². The maximum atomic E-state index is 15.3. The van der Waals surface area contributed by atoms with E-state index in [1.807, 2.05) is 0 Å². The lowest BCUT2D eigenvalue weighted by Gasteiger charge is -2.52. The molecule has 242 valence electrons. The summed E-state index contributed by atoms with van der Waals surface area (Å²) >= 11 is 0. The first-order valence-corrected chi connectivity index (χ1v) is 13.4. The normalized spacial score (nSPS) is 21.0. The molecule has 1 aliphatic carbocycles. The van der Waals surface area contributed by atoms with E-state index in [0.717, 1.165) is 7.11 Å². The minimum atomic E-state index is -5.20. The van der Waals surface area contributed by atoms with Crippen molar-refractivity contribution in [3.05, 3.63) is 64.7 Å². The molecule has 0 N–H and O–H groups in total. The fourth-order valence-corrected chi connectivity index (χ4v) is 5.64. The van der Waals surface area contributed by atoms with E-state index in [1.54, 1.807) is 0 Å². The van der Waals surface area contributed by atoms with E-state index in [-0.39, 0.29) is 30.2 Å². The van der Waals surface area contributed by atoms with Crippen LogP contribution in [0.3, 0.4) is 0 Å². The van der Waals surface area contributed by atoms with Gasteiger partial charge in [0.15, 0.2) is 5.54 Å². The van der Waals surface area contributed by atoms with E-state index in [4.69, 9.17) is 9.47 Å². The molecule has 0 aromatic heterocycles. The van der Waals surface area contributed by atoms with Gasteiger partial charge >= 0.3 is 30.7 Å². The molecule has 1 heterocycles. The molecule has 6 nitrogen and oxygen atoms in total. The van der Waals surface area contributed by atoms with Crippen LogP contribution in [0.2, 0.25) is 0 Å². The predicted molar refractivity (Wildman–Crippen MR) is 138 cm³/mol. The molecule has 2 unspecified atom stereocenters. The van der Waals surface area contributed by atoms with Crippen molar-refractivity contribution in [2.24, 2.45) is 5.92 Å². The minimum Gasteiger partial charge on any atom is -0.453 e. The molecule has 2 aromatic carbocycles. The molecule has 2 atom stereocenters. The fourth-order valence-electron chi connectivity index (χ4n) is 5.64. The highest BCUT2D eigenvalue weighted by Gasteiger charge is 2.70. The van der Waals surface area contributed by atoms with Gasteiger partial charge in [0.25, 0.3) is 0 Å². The number of methoxy groups -OCH3 is 1. The van der Waals surface area contributed by atoms with Gasteiger partial charge in [-0.15, -0.1) is 0 Å². The third-order valence-electron chi connectivity index (χ3n) is 7.55. The highest BCUT2D eigenvalue weighted by atomic mass is 19.4. The van der Waals surface area contributed by atoms with Crippen molar-refractivity contribution < 1.29 is 58.6 Å². The first-order chi connectivity index (χ1) is 20.1. The number of carbonyl (C=O) groups excluding carboxylic acids is 2. The Labute approximate surface area is 246 Å². The number of alkyl halides is 9. The van der Waals surface area contributed by atoms with E-state index < -0.39 is 83.5 Å². The Hall–Kier alpha value is -3.65. The van der Waals surface area contributed by atoms with Gasteiger partial charge in [-0.3, -0.25) is 9.80 Å². The van der Waals surface area contributed by atoms with Crippen LogP contribution in [-0.2, 0) is 28.4 Å². The molecule has 0 bridgehead atoms. The topological polar surface area (TPSA) is 59.1 Å². The van der Waals surface area contributed by atoms with Crippen LogP contribution in [0.1, 0.15) is 68.3 Å². The van der Waals surface area contributed by atoms with Gasteiger partial charge in [0, 0.05) is 13.0 Å². The number of amides is 2. The molecule has 1 aliphatic heterocycles. The molecule has 1 fully saturated rings. The molecular formula is C29H29F9N2O4. The van der Waals surface area contributed by atoms with Crippen molar-refractivity contribution in [3.63, 3.8) is 0 Å². The Kier molecular flexibility index (Phi) is 8.35. The van der Waals surface area contributed by atoms with E-state index in [1.165, 1.54) is 45.0 Å². The van der Waals surface area contributed by atoms with Gasteiger partial charge in [0.2, 0.25) is 0 Å². The van der Waals surface area contributed by atoms with Crippen molar-refractivity contribution in [1.29, 1.82) is 0 Å². The number of anilines is 1. The number of carbonyl (C=O) groups is 2. The van der Waals surface area contributed by atoms with Crippen molar-refractivity contribution in [3.8, 4) is 0 Å². The number of benzene rings is 2. The predicted octanol–water partition coefficient (Wildman–Crippen LogP) is 8.89. The van der Waals surface area contributed by atoms with E-state index in [9.17, 15) is 35.9 Å². The van der Waals surface area contributed by atoms with Gasteiger partial charge in [-0.2, -0.15) is 39.5 Å². The van der Waals surface area contributed by atoms with Gasteiger partial charge < -0.3 is 9.47 Å². The molecule has 15 heteroatoms. The van der Waals surface area contributed by atoms with Gasteiger partial charge in [0.1, 0.15) is 5.60 Å². The lowest BCUT2D eigenvalue weighted by Crippen LogP contribution is -2.67. The number of fused-ring (bicyclic) bond motifs is 1. The van der Waals surface area contributed by atoms with Crippen molar-refractivity contribution >= 4 is 17.9 Å². The molecule has 0 radical (unpaired) electrons. The van der Waals surface area contributed by atoms with Crippen LogP contribution >= 0.6 is 0 Å². The molecule has 2 amide bonds. The summed E-state index contributed by atoms with van der Waals surface area (Å²) in [6.07, 6.45) is -18.9.